The van der Waals surface area contributed by atoms with Gasteiger partial charge in [-0.05, 0) is 42.3 Å². The first-order valence-electron chi connectivity index (χ1n) is 11.0. The summed E-state index contributed by atoms with van der Waals surface area (Å²) in [6.45, 7) is 2.46. The molecule has 5 aromatic rings. The van der Waals surface area contributed by atoms with Crippen molar-refractivity contribution >= 4 is 5.65 Å². The molecule has 2 atom stereocenters. The maximum Gasteiger partial charge on any atom is 0.155 e. The van der Waals surface area contributed by atoms with E-state index in [1.54, 1.807) is 4.52 Å². The largest absolute Gasteiger partial charge is 0.391 e. The van der Waals surface area contributed by atoms with E-state index in [4.69, 9.17) is 9.97 Å². The maximum atomic E-state index is 10.6. The Morgan fingerprint density at radius 1 is 1.09 bits per heavy atom. The van der Waals surface area contributed by atoms with Crippen LogP contribution < -0.4 is 5.32 Å². The summed E-state index contributed by atoms with van der Waals surface area (Å²) in [5, 5.41) is 18.3. The first kappa shape index (κ1) is 19.8. The van der Waals surface area contributed by atoms with Crippen LogP contribution in [0.15, 0.2) is 67.1 Å². The van der Waals surface area contributed by atoms with Gasteiger partial charge in [-0.3, -0.25) is 4.98 Å². The molecule has 8 heteroatoms. The van der Waals surface area contributed by atoms with Crippen LogP contribution >= 0.6 is 0 Å². The van der Waals surface area contributed by atoms with E-state index >= 15 is 0 Å². The van der Waals surface area contributed by atoms with Crippen molar-refractivity contribution in [3.8, 4) is 22.6 Å². The van der Waals surface area contributed by atoms with Gasteiger partial charge in [0, 0.05) is 23.9 Å². The van der Waals surface area contributed by atoms with Gasteiger partial charge < -0.3 is 15.4 Å². The molecule has 0 aliphatic heterocycles. The highest BCUT2D eigenvalue weighted by atomic mass is 16.3. The summed E-state index contributed by atoms with van der Waals surface area (Å²) in [6.07, 6.45) is 3.66. The summed E-state index contributed by atoms with van der Waals surface area (Å²) in [5.74, 6) is 0.776. The second-order valence-electron chi connectivity index (χ2n) is 8.38. The number of hydrogen-bond donors (Lipinski definition) is 3. The van der Waals surface area contributed by atoms with Crippen LogP contribution in [-0.2, 0) is 13.0 Å². The molecule has 0 bridgehead atoms. The van der Waals surface area contributed by atoms with Crippen molar-refractivity contribution in [2.45, 2.75) is 32.0 Å². The fourth-order valence-electron chi connectivity index (χ4n) is 4.57. The van der Waals surface area contributed by atoms with Gasteiger partial charge in [-0.1, -0.05) is 30.3 Å². The number of benzene rings is 1. The number of aryl methyl sites for hydroxylation is 1. The molecule has 1 aromatic carbocycles. The summed E-state index contributed by atoms with van der Waals surface area (Å²) in [4.78, 5) is 17.3. The van der Waals surface area contributed by atoms with E-state index < -0.39 is 6.10 Å². The highest BCUT2D eigenvalue weighted by Crippen LogP contribution is 2.32. The number of hydrogen-bond acceptors (Lipinski definition) is 6. The van der Waals surface area contributed by atoms with Crippen LogP contribution in [0.3, 0.4) is 0 Å². The number of aromatic nitrogens is 6. The lowest BCUT2D eigenvalue weighted by Gasteiger charge is -2.17. The first-order chi connectivity index (χ1) is 16.2. The number of rotatable bonds is 5. The van der Waals surface area contributed by atoms with Crippen LogP contribution in [0.5, 0.6) is 0 Å². The van der Waals surface area contributed by atoms with Gasteiger partial charge in [0.25, 0.3) is 0 Å². The highest BCUT2D eigenvalue weighted by Gasteiger charge is 2.30. The molecule has 4 heterocycles. The minimum atomic E-state index is -0.454. The molecule has 164 valence electrons. The molecular weight excluding hydrogens is 414 g/mol. The predicted molar refractivity (Wildman–Crippen MR) is 124 cm³/mol. The first-order valence-corrected chi connectivity index (χ1v) is 11.0. The van der Waals surface area contributed by atoms with Gasteiger partial charge in [0.15, 0.2) is 5.65 Å². The molecule has 0 fully saturated rings. The van der Waals surface area contributed by atoms with Crippen LogP contribution in [0.4, 0.5) is 0 Å². The van der Waals surface area contributed by atoms with Gasteiger partial charge in [-0.15, -0.1) is 0 Å². The SMILES string of the molecule is Cc1cccc(-c2[nH]c(CNC3c4ccccc4C[C@H]3O)nc2-c2ccc3ncnn3c2)n1. The van der Waals surface area contributed by atoms with E-state index in [9.17, 15) is 5.11 Å². The summed E-state index contributed by atoms with van der Waals surface area (Å²) < 4.78 is 1.74. The number of nitrogens with zero attached hydrogens (tertiary/aromatic N) is 5. The predicted octanol–water partition coefficient (Wildman–Crippen LogP) is 3.24. The van der Waals surface area contributed by atoms with E-state index in [0.29, 0.717) is 13.0 Å². The van der Waals surface area contributed by atoms with Crippen molar-refractivity contribution in [2.75, 3.05) is 0 Å². The van der Waals surface area contributed by atoms with E-state index in [-0.39, 0.29) is 6.04 Å². The molecule has 1 aliphatic rings. The Morgan fingerprint density at radius 2 is 2.00 bits per heavy atom. The lowest BCUT2D eigenvalue weighted by Crippen LogP contribution is -2.28. The van der Waals surface area contributed by atoms with Gasteiger partial charge >= 0.3 is 0 Å². The lowest BCUT2D eigenvalue weighted by atomic mass is 10.1. The molecule has 33 heavy (non-hydrogen) atoms. The van der Waals surface area contributed by atoms with E-state index in [1.807, 2.05) is 55.6 Å². The summed E-state index contributed by atoms with van der Waals surface area (Å²) in [7, 11) is 0. The number of aliphatic hydroxyl groups excluding tert-OH is 1. The Hall–Kier alpha value is -3.88. The van der Waals surface area contributed by atoms with Crippen molar-refractivity contribution in [1.29, 1.82) is 0 Å². The third-order valence-electron chi connectivity index (χ3n) is 6.14. The number of nitrogens with one attached hydrogen (secondary N) is 2. The molecular formula is C25H23N7O. The number of pyridine rings is 2. The smallest absolute Gasteiger partial charge is 0.155 e. The second-order valence-corrected chi connectivity index (χ2v) is 8.38. The molecule has 8 nitrogen and oxygen atoms in total. The van der Waals surface area contributed by atoms with Crippen LogP contribution in [0.1, 0.15) is 28.7 Å². The molecule has 6 rings (SSSR count). The third-order valence-corrected chi connectivity index (χ3v) is 6.14. The molecule has 0 saturated carbocycles. The zero-order valence-electron chi connectivity index (χ0n) is 18.1. The van der Waals surface area contributed by atoms with Crippen molar-refractivity contribution in [3.05, 3.63) is 89.8 Å². The van der Waals surface area contributed by atoms with Crippen LogP contribution in [0.2, 0.25) is 0 Å². The number of H-pyrrole nitrogens is 1. The quantitative estimate of drug-likeness (QED) is 0.390. The van der Waals surface area contributed by atoms with Crippen LogP contribution in [0.25, 0.3) is 28.3 Å². The highest BCUT2D eigenvalue weighted by molar-refractivity contribution is 5.77. The Labute approximate surface area is 190 Å². The van der Waals surface area contributed by atoms with Gasteiger partial charge in [0.1, 0.15) is 12.2 Å². The minimum absolute atomic E-state index is 0.123. The fraction of sp³-hybridized carbons (Fsp3) is 0.200. The topological polar surface area (TPSA) is 104 Å². The van der Waals surface area contributed by atoms with Crippen molar-refractivity contribution in [1.82, 2.24) is 34.9 Å². The average Bonchev–Trinajstić information content (AvgIpc) is 3.53. The normalized spacial score (nSPS) is 17.5. The Bertz CT molecular complexity index is 1450. The fourth-order valence-corrected chi connectivity index (χ4v) is 4.57. The molecule has 0 amide bonds. The zero-order chi connectivity index (χ0) is 22.4. The Kier molecular flexibility index (Phi) is 4.74. The standard InChI is InChI=1S/C25H23N7O/c1-15-5-4-8-19(29-15)25-23(17-9-10-22-27-14-28-32(22)13-17)30-21(31-25)12-26-24-18-7-3-2-6-16(18)11-20(24)33/h2-10,13-14,20,24,26,33H,11-12H2,1H3,(H,30,31)/t20-,24?/m1/s1. The molecule has 0 radical (unpaired) electrons. The molecule has 0 spiro atoms. The zero-order valence-corrected chi connectivity index (χ0v) is 18.1. The summed E-state index contributed by atoms with van der Waals surface area (Å²) in [5.41, 5.74) is 7.44. The van der Waals surface area contributed by atoms with Crippen LogP contribution in [-0.4, -0.2) is 40.8 Å². The molecule has 3 N–H and O–H groups in total. The molecule has 1 unspecified atom stereocenters. The molecule has 1 aliphatic carbocycles. The van der Waals surface area contributed by atoms with Gasteiger partial charge in [0.05, 0.1) is 35.8 Å². The minimum Gasteiger partial charge on any atom is -0.391 e. The molecule has 0 saturated heterocycles. The summed E-state index contributed by atoms with van der Waals surface area (Å²) in [6, 6.07) is 17.9. The van der Waals surface area contributed by atoms with E-state index in [0.717, 1.165) is 45.4 Å². The van der Waals surface area contributed by atoms with E-state index in [2.05, 4.69) is 32.5 Å². The average molecular weight is 438 g/mol. The number of fused-ring (bicyclic) bond motifs is 2. The number of aromatic amines is 1. The van der Waals surface area contributed by atoms with Gasteiger partial charge in [-0.25, -0.2) is 14.5 Å². The van der Waals surface area contributed by atoms with Crippen LogP contribution in [0, 0.1) is 6.92 Å². The van der Waals surface area contributed by atoms with Gasteiger partial charge in [0.2, 0.25) is 0 Å². The van der Waals surface area contributed by atoms with Crippen molar-refractivity contribution < 1.29 is 5.11 Å². The summed E-state index contributed by atoms with van der Waals surface area (Å²) >= 11 is 0. The van der Waals surface area contributed by atoms with Gasteiger partial charge in [-0.2, -0.15) is 5.10 Å². The number of aliphatic hydroxyl groups is 1. The molecule has 4 aromatic heterocycles. The third kappa shape index (κ3) is 3.59. The number of imidazole rings is 1. The van der Waals surface area contributed by atoms with Crippen molar-refractivity contribution in [3.63, 3.8) is 0 Å². The Morgan fingerprint density at radius 3 is 2.91 bits per heavy atom. The monoisotopic (exact) mass is 437 g/mol. The lowest BCUT2D eigenvalue weighted by molar-refractivity contribution is 0.140. The Balaban J connectivity index is 1.36. The van der Waals surface area contributed by atoms with Crippen molar-refractivity contribution in [2.24, 2.45) is 0 Å². The maximum absolute atomic E-state index is 10.6. The van der Waals surface area contributed by atoms with E-state index in [1.165, 1.54) is 11.9 Å². The second kappa shape index (κ2) is 7.91.